The quantitative estimate of drug-likeness (QED) is 0.686. The zero-order valence-electron chi connectivity index (χ0n) is 10.4. The van der Waals surface area contributed by atoms with Gasteiger partial charge in [-0.25, -0.2) is 9.97 Å². The molecule has 3 aromatic heterocycles. The topological polar surface area (TPSA) is 29.9 Å². The fourth-order valence-electron chi connectivity index (χ4n) is 2.64. The van der Waals surface area contributed by atoms with Crippen molar-refractivity contribution in [2.24, 2.45) is 0 Å². The summed E-state index contributed by atoms with van der Waals surface area (Å²) in [6.07, 6.45) is 2.28. The molecule has 0 saturated carbocycles. The van der Waals surface area contributed by atoms with Crippen molar-refractivity contribution in [3.05, 3.63) is 38.3 Å². The highest BCUT2D eigenvalue weighted by molar-refractivity contribution is 7.10. The van der Waals surface area contributed by atoms with Crippen molar-refractivity contribution < 1.29 is 17.4 Å². The van der Waals surface area contributed by atoms with Crippen LogP contribution in [0, 0.1) is 6.92 Å². The summed E-state index contributed by atoms with van der Waals surface area (Å²) in [5.41, 5.74) is 5.32. The van der Waals surface area contributed by atoms with Crippen molar-refractivity contribution in [2.45, 2.75) is 19.8 Å². The lowest BCUT2D eigenvalue weighted by Crippen LogP contribution is -3.00. The Balaban J connectivity index is 0.00000110. The third kappa shape index (κ3) is 1.95. The molecule has 0 aliphatic heterocycles. The zero-order chi connectivity index (χ0) is 12.1. The van der Waals surface area contributed by atoms with Crippen LogP contribution >= 0.6 is 22.7 Å². The zero-order valence-corrected chi connectivity index (χ0v) is 12.8. The number of rotatable bonds is 1. The average Bonchev–Trinajstić information content (AvgIpc) is 3.04. The van der Waals surface area contributed by atoms with Gasteiger partial charge in [0, 0.05) is 21.7 Å². The highest BCUT2D eigenvalue weighted by atomic mass is 35.5. The summed E-state index contributed by atoms with van der Waals surface area (Å²) in [6.45, 7) is 2.17. The van der Waals surface area contributed by atoms with Gasteiger partial charge in [-0.2, -0.15) is 0 Å². The molecule has 0 aromatic carbocycles. The van der Waals surface area contributed by atoms with E-state index >= 15 is 0 Å². The highest BCUT2D eigenvalue weighted by Gasteiger charge is 2.27. The predicted molar refractivity (Wildman–Crippen MR) is 76.1 cm³/mol. The first-order valence-corrected chi connectivity index (χ1v) is 7.84. The Morgan fingerprint density at radius 3 is 2.68 bits per heavy atom. The van der Waals surface area contributed by atoms with Crippen LogP contribution in [0.2, 0.25) is 0 Å². The standard InChI is InChI=1S/C14H12N2S2.ClH/c1-8-9(4-6-17-8)14-15-11-2-3-12-10(5-7-18-12)13(11)16-14;/h4-7H,2-3H2,1H3,(H,15,16);1H. The van der Waals surface area contributed by atoms with Crippen LogP contribution in [-0.4, -0.2) is 4.98 Å². The molecule has 0 spiro atoms. The smallest absolute Gasteiger partial charge is 0.286 e. The Hall–Kier alpha value is -1.10. The number of aryl methyl sites for hydroxylation is 3. The number of halogens is 1. The van der Waals surface area contributed by atoms with Crippen LogP contribution in [0.5, 0.6) is 0 Å². The molecule has 3 heterocycles. The molecule has 0 radical (unpaired) electrons. The van der Waals surface area contributed by atoms with Gasteiger partial charge < -0.3 is 12.4 Å². The molecule has 0 unspecified atom stereocenters. The largest absolute Gasteiger partial charge is 1.00 e. The van der Waals surface area contributed by atoms with Crippen LogP contribution in [0.1, 0.15) is 15.4 Å². The highest BCUT2D eigenvalue weighted by Crippen LogP contribution is 2.35. The lowest BCUT2D eigenvalue weighted by atomic mass is 10.0. The molecular formula is C14H13ClN2S2. The number of H-pyrrole nitrogens is 2. The maximum absolute atomic E-state index is 3.58. The molecule has 0 bridgehead atoms. The van der Waals surface area contributed by atoms with Crippen molar-refractivity contribution in [1.29, 1.82) is 0 Å². The molecule has 19 heavy (non-hydrogen) atoms. The van der Waals surface area contributed by atoms with Crippen LogP contribution in [0.15, 0.2) is 22.9 Å². The van der Waals surface area contributed by atoms with Gasteiger partial charge in [-0.15, -0.1) is 22.7 Å². The molecular weight excluding hydrogens is 296 g/mol. The SMILES string of the molecule is Cc1sccc1-c1[nH]c2c([nH+]1)-c1ccsc1CC2.[Cl-]. The summed E-state index contributed by atoms with van der Waals surface area (Å²) >= 11 is 3.66. The van der Waals surface area contributed by atoms with Crippen molar-refractivity contribution in [3.8, 4) is 22.6 Å². The number of hydrogen-bond donors (Lipinski definition) is 1. The second kappa shape index (κ2) is 4.78. The second-order valence-corrected chi connectivity index (χ2v) is 6.75. The van der Waals surface area contributed by atoms with E-state index in [0.717, 1.165) is 18.7 Å². The molecule has 0 amide bonds. The lowest BCUT2D eigenvalue weighted by molar-refractivity contribution is -0.349. The van der Waals surface area contributed by atoms with Gasteiger partial charge in [0.25, 0.3) is 5.82 Å². The summed E-state index contributed by atoms with van der Waals surface area (Å²) in [6, 6.07) is 4.41. The third-order valence-corrected chi connectivity index (χ3v) is 5.40. The number of fused-ring (bicyclic) bond motifs is 3. The van der Waals surface area contributed by atoms with E-state index < -0.39 is 0 Å². The van der Waals surface area contributed by atoms with Crippen LogP contribution in [0.3, 0.4) is 0 Å². The lowest BCUT2D eigenvalue weighted by Gasteiger charge is -2.05. The Labute approximate surface area is 125 Å². The molecule has 1 aliphatic carbocycles. The van der Waals surface area contributed by atoms with E-state index in [1.54, 1.807) is 11.3 Å². The van der Waals surface area contributed by atoms with E-state index in [-0.39, 0.29) is 12.4 Å². The van der Waals surface area contributed by atoms with Gasteiger partial charge in [0.15, 0.2) is 5.69 Å². The summed E-state index contributed by atoms with van der Waals surface area (Å²) in [5, 5.41) is 4.34. The van der Waals surface area contributed by atoms with E-state index in [9.17, 15) is 0 Å². The minimum Gasteiger partial charge on any atom is -1.00 e. The van der Waals surface area contributed by atoms with Crippen molar-refractivity contribution in [2.75, 3.05) is 0 Å². The molecule has 2 nitrogen and oxygen atoms in total. The minimum absolute atomic E-state index is 0. The van der Waals surface area contributed by atoms with Gasteiger partial charge >= 0.3 is 0 Å². The average molecular weight is 309 g/mol. The Morgan fingerprint density at radius 2 is 1.89 bits per heavy atom. The van der Waals surface area contributed by atoms with E-state index in [1.807, 2.05) is 11.3 Å². The van der Waals surface area contributed by atoms with E-state index in [0.29, 0.717) is 0 Å². The molecule has 2 N–H and O–H groups in total. The first-order valence-electron chi connectivity index (χ1n) is 6.08. The van der Waals surface area contributed by atoms with Gasteiger partial charge in [-0.3, -0.25) is 0 Å². The number of nitrogens with one attached hydrogen (secondary N) is 2. The van der Waals surface area contributed by atoms with Gasteiger partial charge in [-0.1, -0.05) is 0 Å². The van der Waals surface area contributed by atoms with E-state index in [4.69, 9.17) is 0 Å². The maximum atomic E-state index is 3.58. The monoisotopic (exact) mass is 308 g/mol. The first-order chi connectivity index (χ1) is 8.83. The Bertz CT molecular complexity index is 723. The van der Waals surface area contributed by atoms with Crippen molar-refractivity contribution in [3.63, 3.8) is 0 Å². The van der Waals surface area contributed by atoms with Crippen molar-refractivity contribution in [1.82, 2.24) is 4.98 Å². The third-order valence-electron chi connectivity index (χ3n) is 3.57. The van der Waals surface area contributed by atoms with Gasteiger partial charge in [-0.05, 0) is 36.2 Å². The molecule has 3 aromatic rings. The Kier molecular flexibility index (Phi) is 3.25. The molecule has 0 fully saturated rings. The fraction of sp³-hybridized carbons (Fsp3) is 0.214. The number of aromatic nitrogens is 2. The van der Waals surface area contributed by atoms with E-state index in [1.165, 1.54) is 32.3 Å². The molecule has 0 atom stereocenters. The first kappa shape index (κ1) is 12.9. The summed E-state index contributed by atoms with van der Waals surface area (Å²) in [5.74, 6) is 1.15. The van der Waals surface area contributed by atoms with E-state index in [2.05, 4.69) is 39.8 Å². The number of thiophene rings is 2. The number of hydrogen-bond acceptors (Lipinski definition) is 2. The summed E-state index contributed by atoms with van der Waals surface area (Å²) < 4.78 is 0. The minimum atomic E-state index is 0. The van der Waals surface area contributed by atoms with Gasteiger partial charge in [0.05, 0.1) is 5.56 Å². The van der Waals surface area contributed by atoms with Crippen LogP contribution < -0.4 is 17.4 Å². The summed E-state index contributed by atoms with van der Waals surface area (Å²) in [4.78, 5) is 10.0. The van der Waals surface area contributed by atoms with Gasteiger partial charge in [0.2, 0.25) is 0 Å². The number of imidazole rings is 1. The normalized spacial score (nSPS) is 12.7. The van der Waals surface area contributed by atoms with Gasteiger partial charge in [0.1, 0.15) is 5.69 Å². The van der Waals surface area contributed by atoms with Crippen LogP contribution in [0.4, 0.5) is 0 Å². The van der Waals surface area contributed by atoms with Crippen LogP contribution in [0.25, 0.3) is 22.6 Å². The number of aromatic amines is 2. The molecule has 0 saturated heterocycles. The van der Waals surface area contributed by atoms with Crippen LogP contribution in [-0.2, 0) is 12.8 Å². The fourth-order valence-corrected chi connectivity index (χ4v) is 4.23. The Morgan fingerprint density at radius 1 is 1.11 bits per heavy atom. The molecule has 4 rings (SSSR count). The van der Waals surface area contributed by atoms with Crippen molar-refractivity contribution >= 4 is 22.7 Å². The maximum Gasteiger partial charge on any atom is 0.286 e. The molecule has 5 heteroatoms. The summed E-state index contributed by atoms with van der Waals surface area (Å²) in [7, 11) is 0. The molecule has 98 valence electrons. The second-order valence-electron chi connectivity index (χ2n) is 4.63. The predicted octanol–water partition coefficient (Wildman–Crippen LogP) is 0.697. The molecule has 1 aliphatic rings.